The van der Waals surface area contributed by atoms with E-state index >= 15 is 0 Å². The van der Waals surface area contributed by atoms with Crippen molar-refractivity contribution in [3.8, 4) is 0 Å². The predicted molar refractivity (Wildman–Crippen MR) is 80.2 cm³/mol. The average Bonchev–Trinajstić information content (AvgIpc) is 2.85. The highest BCUT2D eigenvalue weighted by atomic mass is 32.2. The fourth-order valence-corrected chi connectivity index (χ4v) is 2.97. The lowest BCUT2D eigenvalue weighted by Gasteiger charge is -1.99. The van der Waals surface area contributed by atoms with Gasteiger partial charge in [0, 0.05) is 16.4 Å². The van der Waals surface area contributed by atoms with Gasteiger partial charge in [-0.15, -0.1) is 11.8 Å². The molecule has 0 spiro atoms. The number of hydrogen-bond acceptors (Lipinski definition) is 2. The van der Waals surface area contributed by atoms with Gasteiger partial charge in [0.1, 0.15) is 12.4 Å². The van der Waals surface area contributed by atoms with Crippen molar-refractivity contribution in [3.05, 3.63) is 49.1 Å². The molecule has 0 saturated carbocycles. The van der Waals surface area contributed by atoms with Gasteiger partial charge in [-0.05, 0) is 18.4 Å². The second-order valence-corrected chi connectivity index (χ2v) is 6.20. The molecule has 2 aromatic rings. The number of aryl methyl sites for hydroxylation is 2. The van der Waals surface area contributed by atoms with Crippen LogP contribution in [-0.2, 0) is 13.1 Å². The number of nitrogens with zero attached hydrogens (tertiary/aromatic N) is 2. The molecule has 0 N–H and O–H groups in total. The molecule has 0 amide bonds. The average molecular weight is 279 g/mol. The summed E-state index contributed by atoms with van der Waals surface area (Å²) < 4.78 is 4.51. The van der Waals surface area contributed by atoms with Crippen LogP contribution < -0.4 is 4.57 Å². The first kappa shape index (κ1) is 13.6. The standard InChI is InChI=1S/C14H19N2S2/c1-17-11-9-15-7-8-16(13-15)10-12-18-14-5-3-2-4-6-14/h2-8,13H,9-12H2,1H3/q+1. The lowest BCUT2D eigenvalue weighted by Crippen LogP contribution is -2.32. The fourth-order valence-electron chi connectivity index (χ4n) is 1.69. The predicted octanol–water partition coefficient (Wildman–Crippen LogP) is 2.93. The van der Waals surface area contributed by atoms with Gasteiger partial charge in [0.15, 0.2) is 0 Å². The van der Waals surface area contributed by atoms with Crippen LogP contribution in [0.1, 0.15) is 0 Å². The normalized spacial score (nSPS) is 10.7. The van der Waals surface area contributed by atoms with Crippen LogP contribution in [0.4, 0.5) is 0 Å². The maximum atomic E-state index is 2.26. The SMILES string of the molecule is CSCC[n+]1ccn(CCSc2ccccc2)c1. The van der Waals surface area contributed by atoms with Gasteiger partial charge < -0.3 is 0 Å². The Hall–Kier alpha value is -0.870. The van der Waals surface area contributed by atoms with Gasteiger partial charge in [-0.1, -0.05) is 18.2 Å². The summed E-state index contributed by atoms with van der Waals surface area (Å²) in [5.41, 5.74) is 0. The summed E-state index contributed by atoms with van der Waals surface area (Å²) >= 11 is 3.79. The zero-order chi connectivity index (χ0) is 12.6. The molecule has 0 bridgehead atoms. The molecule has 0 unspecified atom stereocenters. The van der Waals surface area contributed by atoms with Gasteiger partial charge in [0.25, 0.3) is 0 Å². The lowest BCUT2D eigenvalue weighted by molar-refractivity contribution is -0.691. The van der Waals surface area contributed by atoms with E-state index in [0.717, 1.165) is 18.8 Å². The molecule has 18 heavy (non-hydrogen) atoms. The number of imidazole rings is 1. The van der Waals surface area contributed by atoms with Crippen LogP contribution in [0.15, 0.2) is 53.9 Å². The zero-order valence-corrected chi connectivity index (χ0v) is 12.3. The Bertz CT molecular complexity index is 454. The van der Waals surface area contributed by atoms with Crippen molar-refractivity contribution in [2.75, 3.05) is 17.8 Å². The van der Waals surface area contributed by atoms with Crippen molar-refractivity contribution in [1.29, 1.82) is 0 Å². The van der Waals surface area contributed by atoms with E-state index in [-0.39, 0.29) is 0 Å². The number of benzene rings is 1. The number of aromatic nitrogens is 2. The zero-order valence-electron chi connectivity index (χ0n) is 10.7. The number of hydrogen-bond donors (Lipinski definition) is 0. The van der Waals surface area contributed by atoms with Crippen molar-refractivity contribution < 1.29 is 4.57 Å². The number of rotatable bonds is 7. The van der Waals surface area contributed by atoms with Crippen LogP contribution in [0.5, 0.6) is 0 Å². The van der Waals surface area contributed by atoms with E-state index in [1.165, 1.54) is 10.6 Å². The van der Waals surface area contributed by atoms with Gasteiger partial charge in [-0.3, -0.25) is 0 Å². The third-order valence-electron chi connectivity index (χ3n) is 2.66. The maximum Gasteiger partial charge on any atom is 0.243 e. The van der Waals surface area contributed by atoms with Gasteiger partial charge in [0.05, 0.1) is 13.1 Å². The van der Waals surface area contributed by atoms with E-state index < -0.39 is 0 Å². The van der Waals surface area contributed by atoms with E-state index in [4.69, 9.17) is 0 Å². The van der Waals surface area contributed by atoms with E-state index in [1.54, 1.807) is 0 Å². The topological polar surface area (TPSA) is 8.81 Å². The maximum absolute atomic E-state index is 2.26. The van der Waals surface area contributed by atoms with Crippen molar-refractivity contribution in [1.82, 2.24) is 4.57 Å². The van der Waals surface area contributed by atoms with E-state index in [2.05, 4.69) is 64.4 Å². The third-order valence-corrected chi connectivity index (χ3v) is 4.24. The Kier molecular flexibility index (Phi) is 5.68. The molecule has 2 rings (SSSR count). The van der Waals surface area contributed by atoms with Crippen LogP contribution in [0.3, 0.4) is 0 Å². The highest BCUT2D eigenvalue weighted by molar-refractivity contribution is 7.99. The summed E-state index contributed by atoms with van der Waals surface area (Å²) in [5, 5.41) is 0. The summed E-state index contributed by atoms with van der Waals surface area (Å²) in [4.78, 5) is 1.35. The molecule has 96 valence electrons. The first-order valence-electron chi connectivity index (χ1n) is 6.10. The van der Waals surface area contributed by atoms with Gasteiger partial charge in [0.2, 0.25) is 6.33 Å². The highest BCUT2D eigenvalue weighted by Gasteiger charge is 2.03. The summed E-state index contributed by atoms with van der Waals surface area (Å²) in [6.45, 7) is 2.16. The monoisotopic (exact) mass is 279 g/mol. The molecule has 0 saturated heterocycles. The van der Waals surface area contributed by atoms with Crippen LogP contribution in [-0.4, -0.2) is 22.3 Å². The van der Waals surface area contributed by atoms with Crippen LogP contribution in [0.25, 0.3) is 0 Å². The quantitative estimate of drug-likeness (QED) is 0.569. The first-order chi connectivity index (χ1) is 8.88. The Balaban J connectivity index is 1.75. The van der Waals surface area contributed by atoms with E-state index in [0.29, 0.717) is 0 Å². The molecular weight excluding hydrogens is 260 g/mol. The van der Waals surface area contributed by atoms with Gasteiger partial charge in [-0.25, -0.2) is 9.13 Å². The van der Waals surface area contributed by atoms with Crippen molar-refractivity contribution in [2.45, 2.75) is 18.0 Å². The van der Waals surface area contributed by atoms with Crippen molar-refractivity contribution in [3.63, 3.8) is 0 Å². The van der Waals surface area contributed by atoms with Crippen molar-refractivity contribution in [2.24, 2.45) is 0 Å². The lowest BCUT2D eigenvalue weighted by atomic mass is 10.4. The van der Waals surface area contributed by atoms with Crippen molar-refractivity contribution >= 4 is 23.5 Å². The van der Waals surface area contributed by atoms with Gasteiger partial charge in [-0.2, -0.15) is 11.8 Å². The second-order valence-electron chi connectivity index (χ2n) is 4.04. The molecular formula is C14H19N2S2+. The highest BCUT2D eigenvalue weighted by Crippen LogP contribution is 2.16. The Labute approximate surface area is 117 Å². The molecule has 0 atom stereocenters. The van der Waals surface area contributed by atoms with Gasteiger partial charge >= 0.3 is 0 Å². The van der Waals surface area contributed by atoms with Crippen LogP contribution in [0, 0.1) is 0 Å². The Morgan fingerprint density at radius 3 is 2.78 bits per heavy atom. The molecule has 0 fully saturated rings. The molecule has 1 heterocycles. The molecule has 2 nitrogen and oxygen atoms in total. The molecule has 0 aliphatic rings. The van der Waals surface area contributed by atoms with E-state index in [9.17, 15) is 0 Å². The van der Waals surface area contributed by atoms with Crippen LogP contribution in [0.2, 0.25) is 0 Å². The van der Waals surface area contributed by atoms with Crippen LogP contribution >= 0.6 is 23.5 Å². The first-order valence-corrected chi connectivity index (χ1v) is 8.48. The molecule has 1 aromatic carbocycles. The minimum Gasteiger partial charge on any atom is -0.236 e. The third kappa shape index (κ3) is 4.42. The summed E-state index contributed by atoms with van der Waals surface area (Å²) in [6, 6.07) is 10.6. The minimum atomic E-state index is 1.06. The largest absolute Gasteiger partial charge is 0.243 e. The minimum absolute atomic E-state index is 1.06. The summed E-state index contributed by atoms with van der Waals surface area (Å²) in [7, 11) is 0. The second kappa shape index (κ2) is 7.54. The molecule has 0 radical (unpaired) electrons. The summed E-state index contributed by atoms with van der Waals surface area (Å²) in [6.07, 6.45) is 8.66. The molecule has 0 aliphatic carbocycles. The number of thioether (sulfide) groups is 2. The van der Waals surface area contributed by atoms with E-state index in [1.807, 2.05) is 23.5 Å². The Morgan fingerprint density at radius 2 is 2.00 bits per heavy atom. The smallest absolute Gasteiger partial charge is 0.236 e. The molecule has 0 aliphatic heterocycles. The fraction of sp³-hybridized carbons (Fsp3) is 0.357. The molecule has 4 heteroatoms. The summed E-state index contributed by atoms with van der Waals surface area (Å²) in [5.74, 6) is 2.29. The Morgan fingerprint density at radius 1 is 1.17 bits per heavy atom. The molecule has 1 aromatic heterocycles.